The Kier molecular flexibility index (Phi) is 3.69. The van der Waals surface area contributed by atoms with E-state index >= 15 is 0 Å². The summed E-state index contributed by atoms with van der Waals surface area (Å²) in [7, 11) is 0. The van der Waals surface area contributed by atoms with Crippen molar-refractivity contribution in [2.45, 2.75) is 25.0 Å². The first kappa shape index (κ1) is 12.5. The SMILES string of the molecule is O=c1[nH]c(CCc2ccccc2)nc2c1CSCC2. The van der Waals surface area contributed by atoms with Crippen LogP contribution in [0.4, 0.5) is 0 Å². The first-order valence-electron chi connectivity index (χ1n) is 6.55. The summed E-state index contributed by atoms with van der Waals surface area (Å²) in [5.74, 6) is 2.69. The Labute approximate surface area is 116 Å². The third-order valence-electron chi connectivity index (χ3n) is 3.37. The number of rotatable bonds is 3. The highest BCUT2D eigenvalue weighted by molar-refractivity contribution is 7.98. The van der Waals surface area contributed by atoms with Crippen molar-refractivity contribution >= 4 is 11.8 Å². The summed E-state index contributed by atoms with van der Waals surface area (Å²) in [5.41, 5.74) is 3.21. The Morgan fingerprint density at radius 2 is 2.05 bits per heavy atom. The average molecular weight is 272 g/mol. The lowest BCUT2D eigenvalue weighted by Crippen LogP contribution is -2.22. The number of nitrogens with zero attached hydrogens (tertiary/aromatic N) is 1. The van der Waals surface area contributed by atoms with Crippen molar-refractivity contribution in [1.82, 2.24) is 9.97 Å². The number of aryl methyl sites for hydroxylation is 3. The fourth-order valence-electron chi connectivity index (χ4n) is 2.32. The van der Waals surface area contributed by atoms with E-state index in [1.165, 1.54) is 5.56 Å². The molecular formula is C15H16N2OS. The molecule has 3 nitrogen and oxygen atoms in total. The predicted octanol–water partition coefficient (Wildman–Crippen LogP) is 2.34. The zero-order valence-electron chi connectivity index (χ0n) is 10.7. The van der Waals surface area contributed by atoms with E-state index in [4.69, 9.17) is 0 Å². The molecule has 1 aliphatic heterocycles. The maximum Gasteiger partial charge on any atom is 0.255 e. The monoisotopic (exact) mass is 272 g/mol. The maximum absolute atomic E-state index is 12.0. The van der Waals surface area contributed by atoms with Gasteiger partial charge in [-0.05, 0) is 24.2 Å². The molecule has 19 heavy (non-hydrogen) atoms. The number of benzene rings is 1. The summed E-state index contributed by atoms with van der Waals surface area (Å²) in [5, 5.41) is 0. The normalized spacial score (nSPS) is 14.1. The molecule has 2 aromatic rings. The first-order chi connectivity index (χ1) is 9.33. The molecule has 4 heteroatoms. The minimum Gasteiger partial charge on any atom is -0.310 e. The molecule has 0 saturated carbocycles. The number of nitrogens with one attached hydrogen (secondary N) is 1. The minimum absolute atomic E-state index is 0.0558. The van der Waals surface area contributed by atoms with Crippen LogP contribution in [0.1, 0.15) is 22.6 Å². The molecular weight excluding hydrogens is 256 g/mol. The van der Waals surface area contributed by atoms with E-state index in [2.05, 4.69) is 22.1 Å². The summed E-state index contributed by atoms with van der Waals surface area (Å²) in [6.07, 6.45) is 2.62. The molecule has 98 valence electrons. The number of aromatic nitrogens is 2. The zero-order chi connectivity index (χ0) is 13.1. The van der Waals surface area contributed by atoms with Gasteiger partial charge in [0.05, 0.1) is 5.69 Å². The highest BCUT2D eigenvalue weighted by Crippen LogP contribution is 2.20. The van der Waals surface area contributed by atoms with Gasteiger partial charge in [-0.15, -0.1) is 0 Å². The molecule has 0 aliphatic carbocycles. The van der Waals surface area contributed by atoms with E-state index in [0.29, 0.717) is 0 Å². The molecule has 1 N–H and O–H groups in total. The quantitative estimate of drug-likeness (QED) is 0.933. The van der Waals surface area contributed by atoms with Crippen LogP contribution in [-0.2, 0) is 25.0 Å². The van der Waals surface area contributed by atoms with Crippen molar-refractivity contribution in [3.8, 4) is 0 Å². The van der Waals surface area contributed by atoms with Crippen molar-refractivity contribution < 1.29 is 0 Å². The van der Waals surface area contributed by atoms with Gasteiger partial charge in [0.15, 0.2) is 0 Å². The standard InChI is InChI=1S/C15H16N2OS/c18-15-12-10-19-9-8-13(12)16-14(17-15)7-6-11-4-2-1-3-5-11/h1-5H,6-10H2,(H,16,17,18). The van der Waals surface area contributed by atoms with Gasteiger partial charge in [0, 0.05) is 17.7 Å². The van der Waals surface area contributed by atoms with Crippen molar-refractivity contribution in [3.05, 3.63) is 63.3 Å². The second-order valence-electron chi connectivity index (χ2n) is 4.73. The Morgan fingerprint density at radius 1 is 1.21 bits per heavy atom. The van der Waals surface area contributed by atoms with Gasteiger partial charge in [-0.1, -0.05) is 30.3 Å². The fourth-order valence-corrected chi connectivity index (χ4v) is 3.30. The van der Waals surface area contributed by atoms with Crippen LogP contribution in [0.2, 0.25) is 0 Å². The van der Waals surface area contributed by atoms with Gasteiger partial charge in [0.1, 0.15) is 5.82 Å². The van der Waals surface area contributed by atoms with Gasteiger partial charge >= 0.3 is 0 Å². The van der Waals surface area contributed by atoms with Gasteiger partial charge < -0.3 is 4.98 Å². The first-order valence-corrected chi connectivity index (χ1v) is 7.71. The molecule has 0 amide bonds. The summed E-state index contributed by atoms with van der Waals surface area (Å²) in [6, 6.07) is 10.3. The van der Waals surface area contributed by atoms with Gasteiger partial charge in [-0.25, -0.2) is 4.98 Å². The molecule has 1 aromatic carbocycles. The summed E-state index contributed by atoms with van der Waals surface area (Å²) in [4.78, 5) is 19.5. The number of aromatic amines is 1. The van der Waals surface area contributed by atoms with Gasteiger partial charge in [0.25, 0.3) is 5.56 Å². The Balaban J connectivity index is 1.78. The van der Waals surface area contributed by atoms with Gasteiger partial charge in [-0.2, -0.15) is 11.8 Å². The molecule has 0 saturated heterocycles. The number of hydrogen-bond donors (Lipinski definition) is 1. The number of hydrogen-bond acceptors (Lipinski definition) is 3. The third-order valence-corrected chi connectivity index (χ3v) is 4.36. The third kappa shape index (κ3) is 2.89. The van der Waals surface area contributed by atoms with E-state index in [1.807, 2.05) is 30.0 Å². The largest absolute Gasteiger partial charge is 0.310 e. The smallest absolute Gasteiger partial charge is 0.255 e. The zero-order valence-corrected chi connectivity index (χ0v) is 11.5. The lowest BCUT2D eigenvalue weighted by atomic mass is 10.1. The number of fused-ring (bicyclic) bond motifs is 1. The van der Waals surface area contributed by atoms with E-state index in [9.17, 15) is 4.79 Å². The lowest BCUT2D eigenvalue weighted by Gasteiger charge is -2.14. The van der Waals surface area contributed by atoms with Crippen LogP contribution in [0.15, 0.2) is 35.1 Å². The maximum atomic E-state index is 12.0. The summed E-state index contributed by atoms with van der Waals surface area (Å²) >= 11 is 1.81. The van der Waals surface area contributed by atoms with Crippen LogP contribution >= 0.6 is 11.8 Å². The molecule has 2 heterocycles. The lowest BCUT2D eigenvalue weighted by molar-refractivity contribution is 0.805. The van der Waals surface area contributed by atoms with E-state index in [1.54, 1.807) is 0 Å². The molecule has 0 bridgehead atoms. The van der Waals surface area contributed by atoms with Gasteiger partial charge in [-0.3, -0.25) is 4.79 Å². The number of H-pyrrole nitrogens is 1. The highest BCUT2D eigenvalue weighted by atomic mass is 32.2. The topological polar surface area (TPSA) is 45.8 Å². The van der Waals surface area contributed by atoms with Crippen LogP contribution in [0.25, 0.3) is 0 Å². The van der Waals surface area contributed by atoms with Crippen molar-refractivity contribution in [1.29, 1.82) is 0 Å². The minimum atomic E-state index is 0.0558. The molecule has 1 aromatic heterocycles. The Morgan fingerprint density at radius 3 is 2.89 bits per heavy atom. The number of thioether (sulfide) groups is 1. The van der Waals surface area contributed by atoms with Gasteiger partial charge in [0.2, 0.25) is 0 Å². The second kappa shape index (κ2) is 5.61. The van der Waals surface area contributed by atoms with Crippen LogP contribution in [0, 0.1) is 0 Å². The van der Waals surface area contributed by atoms with E-state index < -0.39 is 0 Å². The van der Waals surface area contributed by atoms with Crippen LogP contribution in [0.3, 0.4) is 0 Å². The van der Waals surface area contributed by atoms with Crippen molar-refractivity contribution in [2.24, 2.45) is 0 Å². The molecule has 0 fully saturated rings. The molecule has 0 radical (unpaired) electrons. The molecule has 1 aliphatic rings. The van der Waals surface area contributed by atoms with Crippen LogP contribution < -0.4 is 5.56 Å². The van der Waals surface area contributed by atoms with E-state index in [-0.39, 0.29) is 5.56 Å². The van der Waals surface area contributed by atoms with Crippen molar-refractivity contribution in [3.63, 3.8) is 0 Å². The molecule has 0 atom stereocenters. The Bertz CT molecular complexity index is 622. The predicted molar refractivity (Wildman–Crippen MR) is 78.6 cm³/mol. The van der Waals surface area contributed by atoms with Crippen LogP contribution in [0.5, 0.6) is 0 Å². The van der Waals surface area contributed by atoms with Crippen molar-refractivity contribution in [2.75, 3.05) is 5.75 Å². The molecule has 0 unspecified atom stereocenters. The summed E-state index contributed by atoms with van der Waals surface area (Å²) in [6.45, 7) is 0. The molecule has 0 spiro atoms. The average Bonchev–Trinajstić information content (AvgIpc) is 2.46. The second-order valence-corrected chi connectivity index (χ2v) is 5.83. The fraction of sp³-hybridized carbons (Fsp3) is 0.333. The van der Waals surface area contributed by atoms with Crippen LogP contribution in [-0.4, -0.2) is 15.7 Å². The van der Waals surface area contributed by atoms with E-state index in [0.717, 1.165) is 47.8 Å². The summed E-state index contributed by atoms with van der Waals surface area (Å²) < 4.78 is 0. The Hall–Kier alpha value is -1.55. The molecule has 3 rings (SSSR count). The highest BCUT2D eigenvalue weighted by Gasteiger charge is 2.15.